The van der Waals surface area contributed by atoms with Crippen molar-refractivity contribution in [1.29, 1.82) is 0 Å². The quantitative estimate of drug-likeness (QED) is 0.333. The van der Waals surface area contributed by atoms with E-state index in [1.807, 2.05) is 0 Å². The summed E-state index contributed by atoms with van der Waals surface area (Å²) in [6.07, 6.45) is 2.61. The minimum atomic E-state index is -0.146. The molecule has 0 saturated carbocycles. The van der Waals surface area contributed by atoms with Crippen molar-refractivity contribution in [2.45, 2.75) is 30.1 Å². The van der Waals surface area contributed by atoms with Crippen LogP contribution in [0.25, 0.3) is 0 Å². The van der Waals surface area contributed by atoms with Gasteiger partial charge >= 0.3 is 106 Å². The average molecular weight is 409 g/mol. The van der Waals surface area contributed by atoms with Crippen LogP contribution in [0.3, 0.4) is 0 Å². The van der Waals surface area contributed by atoms with Crippen molar-refractivity contribution >= 4 is 22.6 Å². The molecule has 2 unspecified atom stereocenters. The maximum absolute atomic E-state index is 5.95. The van der Waals surface area contributed by atoms with E-state index in [1.165, 1.54) is 23.8 Å². The first-order chi connectivity index (χ1) is 6.04. The Bertz CT molecular complexity index is 159. The van der Waals surface area contributed by atoms with Gasteiger partial charge in [-0.1, -0.05) is 0 Å². The Balaban J connectivity index is 2.70. The second-order valence-electron chi connectivity index (χ2n) is 4.57. The maximum atomic E-state index is 5.95. The van der Waals surface area contributed by atoms with E-state index < -0.39 is 0 Å². The molecule has 1 heterocycles. The molecule has 80 valence electrons. The van der Waals surface area contributed by atoms with Gasteiger partial charge in [0.15, 0.2) is 0 Å². The minimum absolute atomic E-state index is 0.146. The van der Waals surface area contributed by atoms with Crippen LogP contribution in [0.5, 0.6) is 0 Å². The molecule has 0 aliphatic carbocycles. The fourth-order valence-electron chi connectivity index (χ4n) is 1.97. The summed E-state index contributed by atoms with van der Waals surface area (Å²) in [6.45, 7) is 7.05. The number of nitrogens with one attached hydrogen (secondary N) is 1. The molecule has 1 aliphatic rings. The van der Waals surface area contributed by atoms with Gasteiger partial charge in [0.1, 0.15) is 0 Å². The summed E-state index contributed by atoms with van der Waals surface area (Å²) in [6, 6.07) is 0. The Hall–Kier alpha value is 1.38. The van der Waals surface area contributed by atoms with Crippen molar-refractivity contribution in [2.75, 3.05) is 17.5 Å². The number of hydrogen-bond donors (Lipinski definition) is 2. The number of hydrogen-bond acceptors (Lipinski definition) is 2. The van der Waals surface area contributed by atoms with E-state index in [9.17, 15) is 0 Å². The number of nitrogens with two attached hydrogens (primary N) is 1. The Morgan fingerprint density at radius 3 is 2.77 bits per heavy atom. The Morgan fingerprint density at radius 2 is 2.23 bits per heavy atom. The molecule has 2 nitrogen and oxygen atoms in total. The normalized spacial score (nSPS) is 41.8. The number of rotatable bonds is 2. The zero-order valence-electron chi connectivity index (χ0n) is 8.37. The molecule has 0 amide bonds. The molecule has 0 aromatic rings. The fourth-order valence-corrected chi connectivity index (χ4v) is 4.25. The van der Waals surface area contributed by atoms with Gasteiger partial charge in [0.2, 0.25) is 0 Å². The first-order valence-electron chi connectivity index (χ1n) is 4.65. The number of alkyl halides is 2. The third-order valence-corrected chi connectivity index (χ3v) is 6.89. The van der Waals surface area contributed by atoms with Crippen LogP contribution in [-0.2, 0) is 0 Å². The van der Waals surface area contributed by atoms with Crippen molar-refractivity contribution in [3.8, 4) is 0 Å². The molecule has 1 aliphatic heterocycles. The Labute approximate surface area is 106 Å². The van der Waals surface area contributed by atoms with E-state index in [1.54, 1.807) is 0 Å². The van der Waals surface area contributed by atoms with Gasteiger partial charge in [-0.15, -0.1) is 0 Å². The van der Waals surface area contributed by atoms with Crippen molar-refractivity contribution in [2.24, 2.45) is 9.36 Å². The monoisotopic (exact) mass is 409 g/mol. The van der Waals surface area contributed by atoms with Crippen molar-refractivity contribution in [3.05, 3.63) is 0 Å². The van der Waals surface area contributed by atoms with Gasteiger partial charge in [0.25, 0.3) is 0 Å². The van der Waals surface area contributed by atoms with Gasteiger partial charge in [-0.3, -0.25) is 0 Å². The van der Waals surface area contributed by atoms with Gasteiger partial charge in [-0.05, 0) is 0 Å². The molecule has 0 bridgehead atoms. The van der Waals surface area contributed by atoms with Crippen molar-refractivity contribution in [3.63, 3.8) is 0 Å². The van der Waals surface area contributed by atoms with Crippen molar-refractivity contribution < 1.29 is 21.5 Å². The van der Waals surface area contributed by atoms with Crippen LogP contribution in [0.15, 0.2) is 0 Å². The molecule has 2 atom stereocenters. The second-order valence-corrected chi connectivity index (χ2v) is 8.56. The van der Waals surface area contributed by atoms with E-state index in [-0.39, 0.29) is 21.5 Å². The summed E-state index contributed by atoms with van der Waals surface area (Å²) in [5.74, 6) is 0. The summed E-state index contributed by atoms with van der Waals surface area (Å²) in [7, 11) is 0. The van der Waals surface area contributed by atoms with Crippen LogP contribution >= 0.6 is 22.6 Å². The molecule has 0 radical (unpaired) electrons. The third-order valence-electron chi connectivity index (χ3n) is 2.78. The van der Waals surface area contributed by atoms with E-state index in [0.29, 0.717) is 8.84 Å². The van der Waals surface area contributed by atoms with Crippen LogP contribution in [0.2, 0.25) is 0 Å². The molecule has 1 rings (SSSR count). The van der Waals surface area contributed by atoms with Crippen LogP contribution < -0.4 is 30.7 Å². The third kappa shape index (κ3) is 3.46. The first kappa shape index (κ1) is 12.4. The number of halogens is 2. The molecule has 3 N–H and O–H groups in total. The van der Waals surface area contributed by atoms with Crippen LogP contribution in [0.1, 0.15) is 26.7 Å². The molecule has 0 aromatic heterocycles. The molecule has 1 fully saturated rings. The molecular formula is C9H19I2N2-. The topological polar surface area (TPSA) is 38.0 Å². The predicted molar refractivity (Wildman–Crippen MR) is 61.7 cm³/mol. The molecule has 0 aromatic carbocycles. The van der Waals surface area contributed by atoms with Gasteiger partial charge in [-0.25, -0.2) is 0 Å². The van der Waals surface area contributed by atoms with Gasteiger partial charge in [0.05, 0.1) is 0 Å². The summed E-state index contributed by atoms with van der Waals surface area (Å²) >= 11 is 2.37. The molecule has 1 saturated heterocycles. The zero-order chi connectivity index (χ0) is 9.95. The van der Waals surface area contributed by atoms with E-state index >= 15 is 0 Å². The van der Waals surface area contributed by atoms with E-state index in [4.69, 9.17) is 3.95 Å². The first-order valence-corrected chi connectivity index (χ1v) is 8.50. The predicted octanol–water partition coefficient (Wildman–Crippen LogP) is -1.47. The van der Waals surface area contributed by atoms with Crippen molar-refractivity contribution in [1.82, 2.24) is 5.32 Å². The van der Waals surface area contributed by atoms with Crippen LogP contribution in [0, 0.1) is 5.41 Å². The van der Waals surface area contributed by atoms with Gasteiger partial charge in [0, 0.05) is 0 Å². The van der Waals surface area contributed by atoms with E-state index in [0.717, 1.165) is 6.54 Å². The van der Waals surface area contributed by atoms with E-state index in [2.05, 4.69) is 41.8 Å². The SMILES string of the molecule is CC1(CI)CCNCC(C)([I-]N)C1. The van der Waals surface area contributed by atoms with Gasteiger partial charge < -0.3 is 0 Å². The summed E-state index contributed by atoms with van der Waals surface area (Å²) in [5.41, 5.74) is 0.512. The Morgan fingerprint density at radius 1 is 1.54 bits per heavy atom. The standard InChI is InChI=1S/C9H19I2N2/c1-8(6-10)3-4-13-7-9(2,5-8)11-12/h13H,3-7,12H2,1-2H3/q-1. The Kier molecular flexibility index (Phi) is 4.73. The van der Waals surface area contributed by atoms with Gasteiger partial charge in [-0.2, -0.15) is 0 Å². The molecule has 0 spiro atoms. The summed E-state index contributed by atoms with van der Waals surface area (Å²) in [4.78, 5) is 0. The molecular weight excluding hydrogens is 390 g/mol. The second kappa shape index (κ2) is 4.94. The summed E-state index contributed by atoms with van der Waals surface area (Å²) < 4.78 is 7.62. The average Bonchev–Trinajstić information content (AvgIpc) is 2.27. The molecule has 13 heavy (non-hydrogen) atoms. The summed E-state index contributed by atoms with van der Waals surface area (Å²) in [5, 5.41) is 3.52. The van der Waals surface area contributed by atoms with Crippen LogP contribution in [-0.4, -0.2) is 20.9 Å². The van der Waals surface area contributed by atoms with Crippen LogP contribution in [0.4, 0.5) is 0 Å². The fraction of sp³-hybridized carbons (Fsp3) is 1.00. The zero-order valence-corrected chi connectivity index (χ0v) is 12.7. The molecule has 4 heteroatoms.